The first-order chi connectivity index (χ1) is 19.1. The molecular formula is C27H42N4O7S2. The third-order valence-electron chi connectivity index (χ3n) is 7.16. The van der Waals surface area contributed by atoms with E-state index in [4.69, 9.17) is 4.74 Å². The zero-order chi connectivity index (χ0) is 29.1. The summed E-state index contributed by atoms with van der Waals surface area (Å²) < 4.78 is 5.54. The summed E-state index contributed by atoms with van der Waals surface area (Å²) in [6.45, 7) is 4.99. The van der Waals surface area contributed by atoms with Crippen LogP contribution in [0, 0.1) is 5.92 Å². The van der Waals surface area contributed by atoms with Gasteiger partial charge in [0.25, 0.3) is 0 Å². The number of piperidine rings is 1. The van der Waals surface area contributed by atoms with Gasteiger partial charge in [0, 0.05) is 31.0 Å². The van der Waals surface area contributed by atoms with Crippen LogP contribution in [0.1, 0.15) is 65.2 Å². The maximum atomic E-state index is 13.5. The van der Waals surface area contributed by atoms with Crippen LogP contribution in [0.2, 0.25) is 0 Å². The number of ether oxygens (including phenoxy) is 1. The van der Waals surface area contributed by atoms with Gasteiger partial charge in [0.05, 0.1) is 25.0 Å². The highest BCUT2D eigenvalue weighted by Gasteiger charge is 2.34. The summed E-state index contributed by atoms with van der Waals surface area (Å²) in [5.41, 5.74) is 0. The van der Waals surface area contributed by atoms with Gasteiger partial charge >= 0.3 is 5.97 Å². The molecular weight excluding hydrogens is 556 g/mol. The van der Waals surface area contributed by atoms with Crippen LogP contribution >= 0.6 is 21.6 Å². The van der Waals surface area contributed by atoms with E-state index in [0.717, 1.165) is 19.3 Å². The van der Waals surface area contributed by atoms with Crippen LogP contribution in [-0.4, -0.2) is 94.5 Å². The molecule has 224 valence electrons. The van der Waals surface area contributed by atoms with Crippen molar-refractivity contribution in [3.63, 3.8) is 0 Å². The van der Waals surface area contributed by atoms with Crippen molar-refractivity contribution in [2.24, 2.45) is 5.92 Å². The van der Waals surface area contributed by atoms with Crippen molar-refractivity contribution in [3.05, 3.63) is 12.2 Å². The molecule has 3 rings (SSSR count). The molecule has 0 aromatic heterocycles. The van der Waals surface area contributed by atoms with Gasteiger partial charge < -0.3 is 30.7 Å². The predicted octanol–water partition coefficient (Wildman–Crippen LogP) is 1.30. The SMILES string of the molecule is CC(C)[C@H]1NC(=O)[C@H]2CSSCC/C=C/[C@H](CC(=O)N[C@H](CCC(=O)N3CCCCC3)C(=O)N2)OC(=O)C[C@@H]1O. The number of carbonyl (C=O) groups is 5. The Balaban J connectivity index is 1.89. The lowest BCUT2D eigenvalue weighted by molar-refractivity contribution is -0.151. The lowest BCUT2D eigenvalue weighted by Gasteiger charge is -2.30. The summed E-state index contributed by atoms with van der Waals surface area (Å²) in [7, 11) is 2.98. The zero-order valence-electron chi connectivity index (χ0n) is 23.3. The quantitative estimate of drug-likeness (QED) is 0.213. The van der Waals surface area contributed by atoms with E-state index in [2.05, 4.69) is 16.0 Å². The number of hydrogen-bond acceptors (Lipinski definition) is 9. The van der Waals surface area contributed by atoms with Crippen molar-refractivity contribution in [2.45, 2.75) is 95.5 Å². The van der Waals surface area contributed by atoms with Crippen molar-refractivity contribution in [2.75, 3.05) is 24.6 Å². The topological polar surface area (TPSA) is 154 Å². The molecule has 4 amide bonds. The summed E-state index contributed by atoms with van der Waals surface area (Å²) in [5.74, 6) is -1.61. The van der Waals surface area contributed by atoms with Crippen LogP contribution in [-0.2, 0) is 28.7 Å². The molecule has 3 heterocycles. The Morgan fingerprint density at radius 3 is 2.52 bits per heavy atom. The summed E-state index contributed by atoms with van der Waals surface area (Å²) in [5, 5.41) is 19.1. The normalized spacial score (nSPS) is 30.6. The molecule has 2 saturated heterocycles. The average Bonchev–Trinajstić information content (AvgIpc) is 2.91. The zero-order valence-corrected chi connectivity index (χ0v) is 24.9. The standard InChI is InChI=1S/C27H42N4O7S2/c1-17(2)25-21(32)15-24(35)38-18-8-4-7-13-39-40-16-20(27(37)30-25)29-26(36)19(28-22(33)14-18)9-10-23(34)31-11-5-3-6-12-31/h4,8,17-21,25,32H,3,5-7,9-16H2,1-2H3,(H,28,33)(H,29,36)(H,30,37)/b8-4+/t18-,19-,20-,21+,25-/m1/s1. The van der Waals surface area contributed by atoms with E-state index >= 15 is 0 Å². The third kappa shape index (κ3) is 10.3. The average molecular weight is 599 g/mol. The highest BCUT2D eigenvalue weighted by Crippen LogP contribution is 2.24. The number of nitrogens with zero attached hydrogens (tertiary/aromatic N) is 1. The fourth-order valence-corrected chi connectivity index (χ4v) is 7.06. The maximum Gasteiger partial charge on any atom is 0.309 e. The molecule has 3 aliphatic heterocycles. The molecule has 11 nitrogen and oxygen atoms in total. The summed E-state index contributed by atoms with van der Waals surface area (Å²) in [6, 6.07) is -2.78. The highest BCUT2D eigenvalue weighted by molar-refractivity contribution is 8.76. The van der Waals surface area contributed by atoms with Crippen molar-refractivity contribution >= 4 is 51.2 Å². The van der Waals surface area contributed by atoms with E-state index in [1.165, 1.54) is 21.6 Å². The van der Waals surface area contributed by atoms with Crippen molar-refractivity contribution in [1.82, 2.24) is 20.9 Å². The second-order valence-corrected chi connectivity index (χ2v) is 13.4. The first-order valence-corrected chi connectivity index (χ1v) is 16.6. The van der Waals surface area contributed by atoms with E-state index in [-0.39, 0.29) is 43.3 Å². The molecule has 0 unspecified atom stereocenters. The molecule has 2 bridgehead atoms. The largest absolute Gasteiger partial charge is 0.457 e. The number of rotatable bonds is 4. The Hall–Kier alpha value is -2.25. The van der Waals surface area contributed by atoms with Crippen LogP contribution in [0.5, 0.6) is 0 Å². The molecule has 0 radical (unpaired) electrons. The van der Waals surface area contributed by atoms with E-state index in [9.17, 15) is 29.1 Å². The third-order valence-corrected chi connectivity index (χ3v) is 9.61. The summed E-state index contributed by atoms with van der Waals surface area (Å²) in [4.78, 5) is 67.2. The number of fused-ring (bicyclic) bond motifs is 7. The van der Waals surface area contributed by atoms with Crippen LogP contribution in [0.15, 0.2) is 12.2 Å². The van der Waals surface area contributed by atoms with Crippen LogP contribution in [0.4, 0.5) is 0 Å². The number of allylic oxidation sites excluding steroid dienone is 1. The molecule has 2 fully saturated rings. The molecule has 0 saturated carbocycles. The molecule has 0 spiro atoms. The number of esters is 1. The molecule has 0 aliphatic carbocycles. The van der Waals surface area contributed by atoms with Gasteiger partial charge in [-0.3, -0.25) is 24.0 Å². The fourth-order valence-electron chi connectivity index (χ4n) is 4.90. The summed E-state index contributed by atoms with van der Waals surface area (Å²) in [6.07, 6.45) is 4.53. The van der Waals surface area contributed by atoms with Gasteiger partial charge in [-0.15, -0.1) is 0 Å². The van der Waals surface area contributed by atoms with Crippen molar-refractivity contribution < 1.29 is 33.8 Å². The van der Waals surface area contributed by atoms with Crippen LogP contribution in [0.25, 0.3) is 0 Å². The first kappa shape index (κ1) is 32.3. The van der Waals surface area contributed by atoms with Gasteiger partial charge in [-0.1, -0.05) is 41.5 Å². The minimum atomic E-state index is -1.22. The Bertz CT molecular complexity index is 942. The van der Waals surface area contributed by atoms with Crippen molar-refractivity contribution in [1.29, 1.82) is 0 Å². The summed E-state index contributed by atoms with van der Waals surface area (Å²) >= 11 is 0. The number of likely N-dealkylation sites (tertiary alicyclic amines) is 1. The molecule has 3 aliphatic rings. The number of aliphatic hydroxyl groups is 1. The predicted molar refractivity (Wildman–Crippen MR) is 154 cm³/mol. The Morgan fingerprint density at radius 2 is 1.80 bits per heavy atom. The van der Waals surface area contributed by atoms with E-state index in [1.54, 1.807) is 11.0 Å². The molecule has 13 heteroatoms. The lowest BCUT2D eigenvalue weighted by Crippen LogP contribution is -2.58. The van der Waals surface area contributed by atoms with Crippen LogP contribution in [0.3, 0.4) is 0 Å². The van der Waals surface area contributed by atoms with Gasteiger partial charge in [0.15, 0.2) is 0 Å². The Morgan fingerprint density at radius 1 is 1.05 bits per heavy atom. The Labute approximate surface area is 243 Å². The second-order valence-electron chi connectivity index (χ2n) is 10.8. The Kier molecular flexibility index (Phi) is 13.1. The number of carbonyl (C=O) groups excluding carboxylic acids is 5. The minimum Gasteiger partial charge on any atom is -0.457 e. The number of amides is 4. The molecule has 5 atom stereocenters. The number of aliphatic hydroxyl groups excluding tert-OH is 1. The lowest BCUT2D eigenvalue weighted by atomic mass is 9.96. The van der Waals surface area contributed by atoms with E-state index in [1.807, 2.05) is 19.9 Å². The smallest absolute Gasteiger partial charge is 0.309 e. The monoisotopic (exact) mass is 598 g/mol. The minimum absolute atomic E-state index is 0.0662. The highest BCUT2D eigenvalue weighted by atomic mass is 33.1. The van der Waals surface area contributed by atoms with Gasteiger partial charge in [-0.25, -0.2) is 0 Å². The van der Waals surface area contributed by atoms with E-state index in [0.29, 0.717) is 25.3 Å². The molecule has 40 heavy (non-hydrogen) atoms. The van der Waals surface area contributed by atoms with Gasteiger partial charge in [-0.05, 0) is 44.1 Å². The van der Waals surface area contributed by atoms with Gasteiger partial charge in [0.2, 0.25) is 23.6 Å². The fraction of sp³-hybridized carbons (Fsp3) is 0.741. The first-order valence-electron chi connectivity index (χ1n) is 14.1. The molecule has 4 N–H and O–H groups in total. The second kappa shape index (κ2) is 16.3. The van der Waals surface area contributed by atoms with Gasteiger partial charge in [0.1, 0.15) is 18.2 Å². The van der Waals surface area contributed by atoms with Gasteiger partial charge in [-0.2, -0.15) is 0 Å². The number of hydrogen-bond donors (Lipinski definition) is 4. The van der Waals surface area contributed by atoms with E-state index < -0.39 is 54.0 Å². The molecule has 0 aromatic carbocycles. The molecule has 0 aromatic rings. The van der Waals surface area contributed by atoms with Crippen molar-refractivity contribution in [3.8, 4) is 0 Å². The number of nitrogens with one attached hydrogen (secondary N) is 3. The maximum absolute atomic E-state index is 13.5. The van der Waals surface area contributed by atoms with Crippen LogP contribution < -0.4 is 16.0 Å².